The second kappa shape index (κ2) is 9.35. The lowest BCUT2D eigenvalue weighted by atomic mass is 9.86. The summed E-state index contributed by atoms with van der Waals surface area (Å²) in [5.74, 6) is -0.0474. The van der Waals surface area contributed by atoms with Crippen LogP contribution < -0.4 is 14.4 Å². The molecule has 0 aromatic heterocycles. The third kappa shape index (κ3) is 4.93. The van der Waals surface area contributed by atoms with Crippen molar-refractivity contribution in [2.45, 2.75) is 42.1 Å². The molecule has 0 unspecified atom stereocenters. The third-order valence-corrected chi connectivity index (χ3v) is 8.17. The molecular formula is C26H28N2O4S2. The summed E-state index contributed by atoms with van der Waals surface area (Å²) in [6.45, 7) is 6.06. The number of fused-ring (bicyclic) bond motifs is 1. The summed E-state index contributed by atoms with van der Waals surface area (Å²) in [6, 6.07) is 21.2. The van der Waals surface area contributed by atoms with Crippen molar-refractivity contribution in [1.29, 1.82) is 0 Å². The molecule has 1 N–H and O–H groups in total. The van der Waals surface area contributed by atoms with Crippen LogP contribution in [-0.2, 0) is 20.2 Å². The van der Waals surface area contributed by atoms with Gasteiger partial charge in [-0.05, 0) is 59.7 Å². The molecule has 178 valence electrons. The summed E-state index contributed by atoms with van der Waals surface area (Å²) in [6.07, 6.45) is 0.949. The maximum absolute atomic E-state index is 13.7. The van der Waals surface area contributed by atoms with Crippen LogP contribution in [0.3, 0.4) is 0 Å². The molecule has 0 spiro atoms. The summed E-state index contributed by atoms with van der Waals surface area (Å²) < 4.78 is 34.6. The Labute approximate surface area is 205 Å². The molecule has 0 fully saturated rings. The van der Waals surface area contributed by atoms with E-state index in [1.807, 2.05) is 36.6 Å². The van der Waals surface area contributed by atoms with Crippen LogP contribution in [-0.4, -0.2) is 33.2 Å². The van der Waals surface area contributed by atoms with Crippen molar-refractivity contribution in [1.82, 2.24) is 0 Å². The number of anilines is 2. The van der Waals surface area contributed by atoms with Gasteiger partial charge in [-0.3, -0.25) is 9.10 Å². The molecule has 1 heterocycles. The molecule has 1 amide bonds. The minimum Gasteiger partial charge on any atom is -0.476 e. The van der Waals surface area contributed by atoms with Gasteiger partial charge in [0.25, 0.3) is 15.9 Å². The van der Waals surface area contributed by atoms with Crippen molar-refractivity contribution in [2.24, 2.45) is 0 Å². The number of carbonyl (C=O) groups is 1. The summed E-state index contributed by atoms with van der Waals surface area (Å²) >= 11 is 1.57. The number of carbonyl (C=O) groups excluding carboxylic acids is 1. The lowest BCUT2D eigenvalue weighted by molar-refractivity contribution is -0.122. The maximum Gasteiger partial charge on any atom is 0.267 e. The standard InChI is InChI=1S/C26H28N2O4S2/c1-26(2,3)18-13-14-23-22(15-18)28(34(30,31)21-11-6-5-7-12-21)17-24(32-23)25(29)27-19-9-8-10-20(16-19)33-4/h5-16,24H,17H2,1-4H3,(H,27,29)/t24-/m0/s1. The first-order valence-corrected chi connectivity index (χ1v) is 13.6. The van der Waals surface area contributed by atoms with Crippen LogP contribution in [0.1, 0.15) is 26.3 Å². The van der Waals surface area contributed by atoms with E-state index in [2.05, 4.69) is 26.1 Å². The highest BCUT2D eigenvalue weighted by Crippen LogP contribution is 2.40. The number of benzene rings is 3. The normalized spacial score (nSPS) is 15.9. The number of thioether (sulfide) groups is 1. The molecular weight excluding hydrogens is 468 g/mol. The van der Waals surface area contributed by atoms with Gasteiger partial charge >= 0.3 is 0 Å². The van der Waals surface area contributed by atoms with E-state index in [0.29, 0.717) is 17.1 Å². The van der Waals surface area contributed by atoms with Gasteiger partial charge in [0.05, 0.1) is 17.1 Å². The van der Waals surface area contributed by atoms with Gasteiger partial charge in [-0.2, -0.15) is 0 Å². The molecule has 4 rings (SSSR count). The molecule has 1 aliphatic rings. The molecule has 0 saturated carbocycles. The van der Waals surface area contributed by atoms with E-state index in [1.165, 1.54) is 4.31 Å². The lowest BCUT2D eigenvalue weighted by Gasteiger charge is -2.36. The van der Waals surface area contributed by atoms with Crippen LogP contribution in [0.5, 0.6) is 5.75 Å². The van der Waals surface area contributed by atoms with Crippen molar-refractivity contribution in [3.63, 3.8) is 0 Å². The molecule has 1 aliphatic heterocycles. The Morgan fingerprint density at radius 2 is 1.76 bits per heavy atom. The number of rotatable bonds is 5. The van der Waals surface area contributed by atoms with E-state index < -0.39 is 22.0 Å². The van der Waals surface area contributed by atoms with Crippen molar-refractivity contribution < 1.29 is 17.9 Å². The van der Waals surface area contributed by atoms with Gasteiger partial charge in [0, 0.05) is 10.6 Å². The molecule has 3 aromatic rings. The number of nitrogens with one attached hydrogen (secondary N) is 1. The van der Waals surface area contributed by atoms with Gasteiger partial charge in [0.1, 0.15) is 5.75 Å². The van der Waals surface area contributed by atoms with Crippen LogP contribution in [0.4, 0.5) is 11.4 Å². The Balaban J connectivity index is 1.72. The molecule has 0 radical (unpaired) electrons. The Morgan fingerprint density at radius 1 is 1.03 bits per heavy atom. The number of ether oxygens (including phenoxy) is 1. The maximum atomic E-state index is 13.7. The Hall–Kier alpha value is -2.97. The summed E-state index contributed by atoms with van der Waals surface area (Å²) in [7, 11) is -3.92. The fraction of sp³-hybridized carbons (Fsp3) is 0.269. The van der Waals surface area contributed by atoms with Crippen molar-refractivity contribution in [3.05, 3.63) is 78.4 Å². The van der Waals surface area contributed by atoms with Crippen LogP contribution in [0.25, 0.3) is 0 Å². The van der Waals surface area contributed by atoms with Crippen molar-refractivity contribution in [2.75, 3.05) is 22.4 Å². The topological polar surface area (TPSA) is 75.7 Å². The highest BCUT2D eigenvalue weighted by Gasteiger charge is 2.38. The van der Waals surface area contributed by atoms with Gasteiger partial charge in [-0.25, -0.2) is 8.42 Å². The SMILES string of the molecule is CSc1cccc(NC(=O)[C@@H]2CN(S(=O)(=O)c3ccccc3)c3cc(C(C)(C)C)ccc3O2)c1. The van der Waals surface area contributed by atoms with Crippen LogP contribution in [0.15, 0.2) is 82.6 Å². The zero-order valence-corrected chi connectivity index (χ0v) is 21.2. The predicted octanol–water partition coefficient (Wildman–Crippen LogP) is 5.30. The van der Waals surface area contributed by atoms with E-state index in [9.17, 15) is 13.2 Å². The van der Waals surface area contributed by atoms with E-state index >= 15 is 0 Å². The monoisotopic (exact) mass is 496 g/mol. The average Bonchev–Trinajstić information content (AvgIpc) is 2.83. The van der Waals surface area contributed by atoms with E-state index in [0.717, 1.165) is 10.5 Å². The molecule has 0 saturated heterocycles. The minimum atomic E-state index is -3.92. The highest BCUT2D eigenvalue weighted by atomic mass is 32.2. The number of sulfonamides is 1. The Bertz CT molecular complexity index is 1300. The lowest BCUT2D eigenvalue weighted by Crippen LogP contribution is -2.49. The minimum absolute atomic E-state index is 0.133. The van der Waals surface area contributed by atoms with Gasteiger partial charge < -0.3 is 10.1 Å². The fourth-order valence-corrected chi connectivity index (χ4v) is 5.67. The second-order valence-electron chi connectivity index (χ2n) is 9.11. The zero-order chi connectivity index (χ0) is 24.5. The van der Waals surface area contributed by atoms with E-state index in [-0.39, 0.29) is 16.9 Å². The molecule has 34 heavy (non-hydrogen) atoms. The first-order chi connectivity index (χ1) is 16.1. The molecule has 6 nitrogen and oxygen atoms in total. The van der Waals surface area contributed by atoms with E-state index in [4.69, 9.17) is 4.74 Å². The number of nitrogens with zero attached hydrogens (tertiary/aromatic N) is 1. The van der Waals surface area contributed by atoms with Gasteiger partial charge in [-0.15, -0.1) is 11.8 Å². The second-order valence-corrected chi connectivity index (χ2v) is 11.9. The smallest absolute Gasteiger partial charge is 0.267 e. The number of hydrogen-bond acceptors (Lipinski definition) is 5. The largest absolute Gasteiger partial charge is 0.476 e. The zero-order valence-electron chi connectivity index (χ0n) is 19.6. The quantitative estimate of drug-likeness (QED) is 0.485. The summed E-state index contributed by atoms with van der Waals surface area (Å²) in [5.41, 5.74) is 1.85. The third-order valence-electron chi connectivity index (χ3n) is 5.66. The summed E-state index contributed by atoms with van der Waals surface area (Å²) in [4.78, 5) is 14.3. The van der Waals surface area contributed by atoms with Crippen molar-refractivity contribution >= 4 is 39.1 Å². The van der Waals surface area contributed by atoms with Gasteiger partial charge in [0.15, 0.2) is 6.10 Å². The van der Waals surface area contributed by atoms with Crippen LogP contribution >= 0.6 is 11.8 Å². The molecule has 8 heteroatoms. The number of hydrogen-bond donors (Lipinski definition) is 1. The Morgan fingerprint density at radius 3 is 2.44 bits per heavy atom. The average molecular weight is 497 g/mol. The van der Waals surface area contributed by atoms with E-state index in [1.54, 1.807) is 54.2 Å². The van der Waals surface area contributed by atoms with Crippen LogP contribution in [0.2, 0.25) is 0 Å². The summed E-state index contributed by atoms with van der Waals surface area (Å²) in [5, 5.41) is 2.87. The number of amides is 1. The Kier molecular flexibility index (Phi) is 6.64. The van der Waals surface area contributed by atoms with Gasteiger partial charge in [-0.1, -0.05) is 51.1 Å². The molecule has 0 aliphatic carbocycles. The van der Waals surface area contributed by atoms with Gasteiger partial charge in [0.2, 0.25) is 0 Å². The predicted molar refractivity (Wildman–Crippen MR) is 137 cm³/mol. The van der Waals surface area contributed by atoms with Crippen molar-refractivity contribution in [3.8, 4) is 5.75 Å². The highest BCUT2D eigenvalue weighted by molar-refractivity contribution is 7.98. The molecule has 3 aromatic carbocycles. The van der Waals surface area contributed by atoms with Crippen LogP contribution in [0, 0.1) is 0 Å². The molecule has 1 atom stereocenters. The first-order valence-electron chi connectivity index (χ1n) is 10.9. The fourth-order valence-electron chi connectivity index (χ4n) is 3.73. The molecule has 0 bridgehead atoms. The first kappa shape index (κ1) is 24.2.